The van der Waals surface area contributed by atoms with E-state index in [1.807, 2.05) is 0 Å². The highest BCUT2D eigenvalue weighted by Crippen LogP contribution is 2.17. The lowest BCUT2D eigenvalue weighted by Crippen LogP contribution is -2.46. The van der Waals surface area contributed by atoms with Crippen molar-refractivity contribution in [3.05, 3.63) is 12.2 Å². The van der Waals surface area contributed by atoms with E-state index in [4.69, 9.17) is 24.7 Å². The maximum Gasteiger partial charge on any atom is 0.407 e. The highest BCUT2D eigenvalue weighted by atomic mass is 16.6. The Balaban J connectivity index is 2.43. The Labute approximate surface area is 305 Å². The van der Waals surface area contributed by atoms with Crippen LogP contribution in [0, 0.1) is 11.8 Å². The molecule has 0 radical (unpaired) electrons. The van der Waals surface area contributed by atoms with Gasteiger partial charge in [0.15, 0.2) is 11.6 Å². The molecule has 1 heterocycles. The standard InChI is InChI=1S/C35H57N5O12/c1-25(2)32(39-35(48)52-22-21-51-18-6-4-10-27(41)14-16-40-30(44)12-13-31(40)45)29(43)23-26(9-8-15-37-34(36)47)33(46)38-24-28(42)11-5-7-17-50-20-19-49-3/h12-13,25-26,32H,4-11,14-24H2,1-3H3,(H,38,46)(H,39,48)(H3,36,37,47). The highest BCUT2D eigenvalue weighted by Gasteiger charge is 2.30. The van der Waals surface area contributed by atoms with E-state index in [2.05, 4.69) is 16.0 Å². The van der Waals surface area contributed by atoms with Crippen LogP contribution in [-0.2, 0) is 47.7 Å². The second kappa shape index (κ2) is 27.4. The van der Waals surface area contributed by atoms with Gasteiger partial charge >= 0.3 is 12.1 Å². The summed E-state index contributed by atoms with van der Waals surface area (Å²) in [6.45, 7) is 5.36. The van der Waals surface area contributed by atoms with Crippen molar-refractivity contribution in [3.8, 4) is 0 Å². The van der Waals surface area contributed by atoms with Gasteiger partial charge in [-0.3, -0.25) is 33.7 Å². The van der Waals surface area contributed by atoms with Crippen LogP contribution in [0.3, 0.4) is 0 Å². The predicted octanol–water partition coefficient (Wildman–Crippen LogP) is 1.35. The van der Waals surface area contributed by atoms with E-state index in [0.717, 1.165) is 4.90 Å². The number of primary amides is 1. The van der Waals surface area contributed by atoms with Gasteiger partial charge in [-0.25, -0.2) is 9.59 Å². The lowest BCUT2D eigenvalue weighted by molar-refractivity contribution is -0.137. The van der Waals surface area contributed by atoms with Crippen molar-refractivity contribution in [3.63, 3.8) is 0 Å². The first-order valence-corrected chi connectivity index (χ1v) is 17.8. The molecule has 1 aliphatic rings. The van der Waals surface area contributed by atoms with Gasteiger partial charge in [-0.2, -0.15) is 0 Å². The number of nitrogens with one attached hydrogen (secondary N) is 3. The Hall–Kier alpha value is -4.22. The maximum atomic E-state index is 13.3. The number of carbonyl (C=O) groups is 8. The topological polar surface area (TPSA) is 239 Å². The van der Waals surface area contributed by atoms with Gasteiger partial charge in [0, 0.05) is 77.2 Å². The molecule has 2 atom stereocenters. The van der Waals surface area contributed by atoms with Gasteiger partial charge in [0.1, 0.15) is 12.4 Å². The van der Waals surface area contributed by atoms with Crippen LogP contribution in [-0.4, -0.2) is 125 Å². The van der Waals surface area contributed by atoms with Gasteiger partial charge in [-0.05, 0) is 44.4 Å². The fourth-order valence-electron chi connectivity index (χ4n) is 5.07. The second-order valence-electron chi connectivity index (χ2n) is 12.6. The quantitative estimate of drug-likeness (QED) is 0.0582. The zero-order chi connectivity index (χ0) is 38.7. The van der Waals surface area contributed by atoms with Crippen LogP contribution in [0.1, 0.15) is 78.1 Å². The predicted molar refractivity (Wildman–Crippen MR) is 188 cm³/mol. The van der Waals surface area contributed by atoms with Crippen LogP contribution >= 0.6 is 0 Å². The van der Waals surface area contributed by atoms with Crippen LogP contribution < -0.4 is 21.7 Å². The Morgan fingerprint density at radius 3 is 1.98 bits per heavy atom. The molecule has 2 unspecified atom stereocenters. The minimum atomic E-state index is -0.948. The number of unbranched alkanes of at least 4 members (excludes halogenated alkanes) is 2. The lowest BCUT2D eigenvalue weighted by atomic mass is 9.89. The first-order valence-electron chi connectivity index (χ1n) is 17.8. The van der Waals surface area contributed by atoms with Crippen molar-refractivity contribution in [2.24, 2.45) is 17.6 Å². The fourth-order valence-corrected chi connectivity index (χ4v) is 5.07. The smallest absolute Gasteiger partial charge is 0.407 e. The average molecular weight is 740 g/mol. The van der Waals surface area contributed by atoms with Crippen LogP contribution in [0.5, 0.6) is 0 Å². The first kappa shape index (κ1) is 45.8. The summed E-state index contributed by atoms with van der Waals surface area (Å²) in [7, 11) is 1.58. The van der Waals surface area contributed by atoms with Crippen molar-refractivity contribution in [2.75, 3.05) is 66.4 Å². The van der Waals surface area contributed by atoms with E-state index in [1.165, 1.54) is 12.2 Å². The summed E-state index contributed by atoms with van der Waals surface area (Å²) in [4.78, 5) is 98.5. The number of imide groups is 1. The summed E-state index contributed by atoms with van der Waals surface area (Å²) in [6.07, 6.45) is 4.96. The van der Waals surface area contributed by atoms with Crippen LogP contribution in [0.4, 0.5) is 9.59 Å². The summed E-state index contributed by atoms with van der Waals surface area (Å²) >= 11 is 0. The number of hydrogen-bond acceptors (Lipinski definition) is 12. The van der Waals surface area contributed by atoms with Gasteiger partial charge in [-0.1, -0.05) is 13.8 Å². The third-order valence-electron chi connectivity index (χ3n) is 7.99. The van der Waals surface area contributed by atoms with Gasteiger partial charge in [0.2, 0.25) is 5.91 Å². The molecular weight excluding hydrogens is 682 g/mol. The second-order valence-corrected chi connectivity index (χ2v) is 12.6. The fraction of sp³-hybridized carbons (Fsp3) is 0.714. The highest BCUT2D eigenvalue weighted by molar-refractivity contribution is 6.13. The summed E-state index contributed by atoms with van der Waals surface area (Å²) in [5, 5.41) is 7.64. The lowest BCUT2D eigenvalue weighted by Gasteiger charge is -2.23. The minimum absolute atomic E-state index is 0.0604. The summed E-state index contributed by atoms with van der Waals surface area (Å²) < 4.78 is 20.9. The minimum Gasteiger partial charge on any atom is -0.447 e. The molecule has 0 bridgehead atoms. The van der Waals surface area contributed by atoms with Crippen LogP contribution in [0.25, 0.3) is 0 Å². The number of nitrogens with two attached hydrogens (primary N) is 1. The van der Waals surface area contributed by atoms with Gasteiger partial charge < -0.3 is 40.6 Å². The molecule has 0 spiro atoms. The normalized spacial score (nSPS) is 13.6. The Kier molecular flexibility index (Phi) is 24.2. The molecular formula is C35H57N5O12. The molecule has 0 saturated heterocycles. The maximum absolute atomic E-state index is 13.3. The largest absolute Gasteiger partial charge is 0.447 e. The molecule has 5 N–H and O–H groups in total. The summed E-state index contributed by atoms with van der Waals surface area (Å²) in [5.74, 6) is -3.08. The number of rotatable bonds is 31. The number of methoxy groups -OCH3 is 1. The summed E-state index contributed by atoms with van der Waals surface area (Å²) in [6, 6.07) is -1.66. The zero-order valence-corrected chi connectivity index (χ0v) is 30.7. The zero-order valence-electron chi connectivity index (χ0n) is 30.7. The molecule has 0 saturated carbocycles. The number of Topliss-reactive ketones (excluding diaryl/α,β-unsaturated/α-hetero) is 3. The van der Waals surface area contributed by atoms with E-state index in [9.17, 15) is 38.4 Å². The molecule has 17 nitrogen and oxygen atoms in total. The molecule has 1 rings (SSSR count). The number of nitrogens with zero attached hydrogens (tertiary/aromatic N) is 1. The van der Waals surface area contributed by atoms with Crippen LogP contribution in [0.2, 0.25) is 0 Å². The van der Waals surface area contributed by atoms with Crippen molar-refractivity contribution >= 4 is 47.2 Å². The number of urea groups is 1. The van der Waals surface area contributed by atoms with Crippen molar-refractivity contribution < 1.29 is 57.3 Å². The number of amides is 6. The third kappa shape index (κ3) is 21.2. The Bertz CT molecular complexity index is 1190. The average Bonchev–Trinajstić information content (AvgIpc) is 3.42. The van der Waals surface area contributed by atoms with Crippen molar-refractivity contribution in [1.29, 1.82) is 0 Å². The van der Waals surface area contributed by atoms with E-state index in [0.29, 0.717) is 58.5 Å². The molecule has 0 fully saturated rings. The molecule has 0 aromatic heterocycles. The molecule has 0 aromatic rings. The van der Waals surface area contributed by atoms with E-state index in [-0.39, 0.29) is 82.4 Å². The molecule has 17 heteroatoms. The van der Waals surface area contributed by atoms with Crippen LogP contribution in [0.15, 0.2) is 12.2 Å². The molecule has 0 aromatic carbocycles. The molecule has 294 valence electrons. The molecule has 1 aliphatic heterocycles. The number of ether oxygens (including phenoxy) is 4. The first-order chi connectivity index (χ1) is 24.8. The Morgan fingerprint density at radius 1 is 0.769 bits per heavy atom. The summed E-state index contributed by atoms with van der Waals surface area (Å²) in [5.41, 5.74) is 5.12. The van der Waals surface area contributed by atoms with E-state index in [1.54, 1.807) is 21.0 Å². The van der Waals surface area contributed by atoms with E-state index < -0.39 is 47.6 Å². The number of ketones is 3. The van der Waals surface area contributed by atoms with Gasteiger partial charge in [0.25, 0.3) is 11.8 Å². The van der Waals surface area contributed by atoms with Gasteiger partial charge in [-0.15, -0.1) is 0 Å². The third-order valence-corrected chi connectivity index (χ3v) is 7.99. The molecule has 6 amide bonds. The Morgan fingerprint density at radius 2 is 1.38 bits per heavy atom. The number of carbonyl (C=O) groups excluding carboxylic acids is 8. The SMILES string of the molecule is COCCOCCCCC(=O)CNC(=O)C(CCCNC(N)=O)CC(=O)C(NC(=O)OCCOCCCCC(=O)CCN1C(=O)C=CC1=O)C(C)C. The molecule has 0 aliphatic carbocycles. The monoisotopic (exact) mass is 739 g/mol. The van der Waals surface area contributed by atoms with E-state index >= 15 is 0 Å². The van der Waals surface area contributed by atoms with Gasteiger partial charge in [0.05, 0.1) is 32.4 Å². The van der Waals surface area contributed by atoms with Crippen molar-refractivity contribution in [2.45, 2.75) is 84.1 Å². The number of hydrogen-bond donors (Lipinski definition) is 4. The van der Waals surface area contributed by atoms with Crippen molar-refractivity contribution in [1.82, 2.24) is 20.9 Å². The molecule has 52 heavy (non-hydrogen) atoms. The number of alkyl carbamates (subject to hydrolysis) is 1.